The number of ether oxygens (including phenoxy) is 1. The lowest BCUT2D eigenvalue weighted by atomic mass is 9.57. The van der Waals surface area contributed by atoms with E-state index in [9.17, 15) is 18.0 Å². The van der Waals surface area contributed by atoms with E-state index in [0.29, 0.717) is 30.5 Å². The van der Waals surface area contributed by atoms with Gasteiger partial charge in [-0.25, -0.2) is 4.79 Å². The second kappa shape index (κ2) is 7.41. The number of hydrogen-bond acceptors (Lipinski definition) is 5. The zero-order valence-corrected chi connectivity index (χ0v) is 18.0. The average molecular weight is 462 g/mol. The highest BCUT2D eigenvalue weighted by atomic mass is 19.4. The number of rotatable bonds is 5. The Labute approximate surface area is 188 Å². The molecule has 1 spiro atoms. The van der Waals surface area contributed by atoms with E-state index >= 15 is 0 Å². The van der Waals surface area contributed by atoms with Gasteiger partial charge in [0.15, 0.2) is 0 Å². The van der Waals surface area contributed by atoms with E-state index in [4.69, 9.17) is 4.74 Å². The second-order valence-electron chi connectivity index (χ2n) is 10.0. The molecular formula is C22H25F3N6O2. The van der Waals surface area contributed by atoms with Crippen molar-refractivity contribution < 1.29 is 22.7 Å². The fourth-order valence-corrected chi connectivity index (χ4v) is 5.18. The quantitative estimate of drug-likeness (QED) is 0.737. The van der Waals surface area contributed by atoms with Gasteiger partial charge in [-0.05, 0) is 37.3 Å². The molecule has 2 aromatic heterocycles. The summed E-state index contributed by atoms with van der Waals surface area (Å²) in [6.45, 7) is 2.49. The number of pyridine rings is 1. The largest absolute Gasteiger partial charge is 0.417 e. The van der Waals surface area contributed by atoms with Gasteiger partial charge in [-0.1, -0.05) is 0 Å². The van der Waals surface area contributed by atoms with Gasteiger partial charge in [-0.15, -0.1) is 10.2 Å². The predicted octanol–water partition coefficient (Wildman–Crippen LogP) is 3.30. The summed E-state index contributed by atoms with van der Waals surface area (Å²) in [7, 11) is 0. The minimum atomic E-state index is -4.42. The van der Waals surface area contributed by atoms with Gasteiger partial charge in [0, 0.05) is 42.7 Å². The third kappa shape index (κ3) is 3.96. The molecule has 2 saturated carbocycles. The maximum atomic E-state index is 12.8. The molecule has 4 aliphatic rings. The summed E-state index contributed by atoms with van der Waals surface area (Å²) in [5.74, 6) is 3.00. The summed E-state index contributed by atoms with van der Waals surface area (Å²) >= 11 is 0. The highest BCUT2D eigenvalue weighted by Crippen LogP contribution is 2.55. The SMILES string of the molecule is O=C(N1CC(OCc2cncc(C(F)(F)F)c2)C1)N1CC2(CC(c3nnc(C4CC4)[nH]3)C2)C1. The van der Waals surface area contributed by atoms with Gasteiger partial charge < -0.3 is 19.5 Å². The number of aromatic amines is 1. The van der Waals surface area contributed by atoms with E-state index in [1.807, 2.05) is 4.90 Å². The van der Waals surface area contributed by atoms with E-state index in [1.165, 1.54) is 19.0 Å². The van der Waals surface area contributed by atoms with E-state index in [-0.39, 0.29) is 24.2 Å². The summed E-state index contributed by atoms with van der Waals surface area (Å²) < 4.78 is 44.0. The summed E-state index contributed by atoms with van der Waals surface area (Å²) in [4.78, 5) is 23.3. The Kier molecular flexibility index (Phi) is 4.69. The van der Waals surface area contributed by atoms with Crippen molar-refractivity contribution in [3.8, 4) is 0 Å². The third-order valence-electron chi connectivity index (χ3n) is 7.28. The number of carbonyl (C=O) groups excluding carboxylic acids is 1. The van der Waals surface area contributed by atoms with Gasteiger partial charge in [0.1, 0.15) is 11.6 Å². The van der Waals surface area contributed by atoms with Gasteiger partial charge in [0.2, 0.25) is 0 Å². The zero-order valence-electron chi connectivity index (χ0n) is 18.0. The lowest BCUT2D eigenvalue weighted by Gasteiger charge is -2.59. The van der Waals surface area contributed by atoms with Crippen molar-refractivity contribution in [3.63, 3.8) is 0 Å². The van der Waals surface area contributed by atoms with Crippen molar-refractivity contribution in [3.05, 3.63) is 41.2 Å². The number of urea groups is 1. The van der Waals surface area contributed by atoms with Crippen LogP contribution in [0.2, 0.25) is 0 Å². The number of amides is 2. The topological polar surface area (TPSA) is 87.2 Å². The molecule has 33 heavy (non-hydrogen) atoms. The van der Waals surface area contributed by atoms with Crippen LogP contribution < -0.4 is 0 Å². The van der Waals surface area contributed by atoms with Crippen LogP contribution in [0.3, 0.4) is 0 Å². The molecule has 4 fully saturated rings. The van der Waals surface area contributed by atoms with Crippen LogP contribution in [0.4, 0.5) is 18.0 Å². The smallest absolute Gasteiger partial charge is 0.370 e. The Hall–Kier alpha value is -2.69. The van der Waals surface area contributed by atoms with Crippen LogP contribution in [0.1, 0.15) is 60.3 Å². The van der Waals surface area contributed by atoms with Crippen LogP contribution >= 0.6 is 0 Å². The molecule has 2 saturated heterocycles. The van der Waals surface area contributed by atoms with Crippen LogP contribution in [-0.4, -0.2) is 68.3 Å². The molecule has 4 heterocycles. The van der Waals surface area contributed by atoms with Crippen molar-refractivity contribution in [2.45, 2.75) is 56.4 Å². The minimum Gasteiger partial charge on any atom is -0.370 e. The Morgan fingerprint density at radius 3 is 2.45 bits per heavy atom. The second-order valence-corrected chi connectivity index (χ2v) is 10.0. The van der Waals surface area contributed by atoms with Crippen molar-refractivity contribution in [1.82, 2.24) is 30.0 Å². The van der Waals surface area contributed by atoms with Crippen LogP contribution in [0, 0.1) is 5.41 Å². The first-order valence-electron chi connectivity index (χ1n) is 11.4. The van der Waals surface area contributed by atoms with Gasteiger partial charge in [-0.3, -0.25) is 4.98 Å². The Bertz CT molecular complexity index is 1050. The van der Waals surface area contributed by atoms with Gasteiger partial charge in [0.25, 0.3) is 0 Å². The average Bonchev–Trinajstić information content (AvgIpc) is 3.42. The van der Waals surface area contributed by atoms with Gasteiger partial charge in [-0.2, -0.15) is 13.2 Å². The summed E-state index contributed by atoms with van der Waals surface area (Å²) in [5, 5.41) is 8.60. The van der Waals surface area contributed by atoms with Crippen molar-refractivity contribution in [1.29, 1.82) is 0 Å². The highest BCUT2D eigenvalue weighted by Gasteiger charge is 2.56. The molecule has 6 rings (SSSR count). The Balaban J connectivity index is 0.921. The highest BCUT2D eigenvalue weighted by molar-refractivity contribution is 5.76. The Morgan fingerprint density at radius 2 is 1.79 bits per heavy atom. The molecule has 1 N–H and O–H groups in total. The van der Waals surface area contributed by atoms with E-state index in [1.54, 1.807) is 4.90 Å². The number of alkyl halides is 3. The van der Waals surface area contributed by atoms with Crippen molar-refractivity contribution in [2.24, 2.45) is 5.41 Å². The molecule has 2 aromatic rings. The number of carbonyl (C=O) groups is 1. The molecule has 0 bridgehead atoms. The van der Waals surface area contributed by atoms with Crippen molar-refractivity contribution in [2.75, 3.05) is 26.2 Å². The maximum Gasteiger partial charge on any atom is 0.417 e. The summed E-state index contributed by atoms with van der Waals surface area (Å²) in [6, 6.07) is 1.06. The first kappa shape index (κ1) is 20.9. The Morgan fingerprint density at radius 1 is 1.09 bits per heavy atom. The molecule has 0 atom stereocenters. The number of likely N-dealkylation sites (tertiary alicyclic amines) is 2. The van der Waals surface area contributed by atoms with E-state index < -0.39 is 11.7 Å². The molecular weight excluding hydrogens is 437 g/mol. The maximum absolute atomic E-state index is 12.8. The monoisotopic (exact) mass is 462 g/mol. The predicted molar refractivity (Wildman–Crippen MR) is 109 cm³/mol. The molecule has 8 nitrogen and oxygen atoms in total. The van der Waals surface area contributed by atoms with Crippen LogP contribution in [0.15, 0.2) is 18.5 Å². The molecule has 2 amide bonds. The molecule has 0 aromatic carbocycles. The van der Waals surface area contributed by atoms with Crippen LogP contribution in [-0.2, 0) is 17.5 Å². The van der Waals surface area contributed by atoms with E-state index in [2.05, 4.69) is 20.2 Å². The molecule has 176 valence electrons. The lowest BCUT2D eigenvalue weighted by molar-refractivity contribution is -0.138. The van der Waals surface area contributed by atoms with Gasteiger partial charge in [0.05, 0.1) is 31.4 Å². The zero-order chi connectivity index (χ0) is 22.8. The van der Waals surface area contributed by atoms with Crippen LogP contribution in [0.5, 0.6) is 0 Å². The fourth-order valence-electron chi connectivity index (χ4n) is 5.18. The molecule has 0 radical (unpaired) electrons. The lowest BCUT2D eigenvalue weighted by Crippen LogP contribution is -2.68. The fraction of sp³-hybridized carbons (Fsp3) is 0.636. The number of nitrogens with zero attached hydrogens (tertiary/aromatic N) is 5. The molecule has 2 aliphatic carbocycles. The normalized spacial score (nSPS) is 22.8. The molecule has 0 unspecified atom stereocenters. The van der Waals surface area contributed by atoms with Gasteiger partial charge >= 0.3 is 12.2 Å². The summed E-state index contributed by atoms with van der Waals surface area (Å²) in [6.07, 6.45) is 2.04. The first-order valence-corrected chi connectivity index (χ1v) is 11.4. The number of aromatic nitrogens is 4. The first-order chi connectivity index (χ1) is 15.8. The number of H-pyrrole nitrogens is 1. The standard InChI is InChI=1S/C22H25F3N6O2/c23-22(24,25)16-3-13(6-26-7-16)10-33-17-8-30(9-17)20(32)31-11-21(12-31)4-15(5-21)19-27-18(28-29-19)14-1-2-14/h3,6-7,14-15,17H,1-2,4-5,8-12H2,(H,27,28,29). The number of hydrogen-bond donors (Lipinski definition) is 1. The minimum absolute atomic E-state index is 0.0142. The van der Waals surface area contributed by atoms with Crippen molar-refractivity contribution >= 4 is 6.03 Å². The number of halogens is 3. The van der Waals surface area contributed by atoms with E-state index in [0.717, 1.165) is 49.8 Å². The molecule has 2 aliphatic heterocycles. The molecule has 11 heteroatoms. The summed E-state index contributed by atoms with van der Waals surface area (Å²) in [5.41, 5.74) is -0.204. The third-order valence-corrected chi connectivity index (χ3v) is 7.28. The van der Waals surface area contributed by atoms with Crippen LogP contribution in [0.25, 0.3) is 0 Å². The number of nitrogens with one attached hydrogen (secondary N) is 1.